The molecule has 0 aliphatic heterocycles. The molecule has 0 bridgehead atoms. The smallest absolute Gasteiger partial charge is 0.416 e. The predicted molar refractivity (Wildman–Crippen MR) is 106 cm³/mol. The summed E-state index contributed by atoms with van der Waals surface area (Å²) in [6.07, 6.45) is -8.23. The number of hydrogen-bond donors (Lipinski definition) is 0. The monoisotopic (exact) mass is 459 g/mol. The van der Waals surface area contributed by atoms with Gasteiger partial charge in [0.05, 0.1) is 25.3 Å². The highest BCUT2D eigenvalue weighted by atomic mass is 19.4. The third kappa shape index (κ3) is 5.89. The van der Waals surface area contributed by atoms with Crippen LogP contribution < -0.4 is 4.74 Å². The molecule has 1 unspecified atom stereocenters. The second-order valence-corrected chi connectivity index (χ2v) is 6.74. The number of benzene rings is 2. The van der Waals surface area contributed by atoms with Crippen molar-refractivity contribution in [2.24, 2.45) is 4.99 Å². The van der Waals surface area contributed by atoms with E-state index in [2.05, 4.69) is 11.6 Å². The zero-order valence-corrected chi connectivity index (χ0v) is 17.1. The van der Waals surface area contributed by atoms with Crippen LogP contribution in [0.25, 0.3) is 0 Å². The molecule has 1 atom stereocenters. The second-order valence-electron chi connectivity index (χ2n) is 6.74. The summed E-state index contributed by atoms with van der Waals surface area (Å²) in [5.74, 6) is -0.342. The van der Waals surface area contributed by atoms with Gasteiger partial charge in [-0.05, 0) is 41.5 Å². The molecule has 0 aliphatic rings. The standard InChI is InChI=1S/C22H19F6NO3/c1-4-20(19(30)32-3,12-14-5-7-18(31-2)8-6-14)29-13-15-9-16(21(23,24)25)11-17(10-15)22(26,27)28/h4-11,13H,1,12H2,2-3H3. The van der Waals surface area contributed by atoms with E-state index in [4.69, 9.17) is 9.47 Å². The molecule has 0 saturated heterocycles. The summed E-state index contributed by atoms with van der Waals surface area (Å²) in [5.41, 5.74) is -4.68. The zero-order chi connectivity index (χ0) is 24.2. The van der Waals surface area contributed by atoms with E-state index in [9.17, 15) is 31.1 Å². The zero-order valence-electron chi connectivity index (χ0n) is 17.1. The van der Waals surface area contributed by atoms with Gasteiger partial charge in [-0.2, -0.15) is 26.3 Å². The maximum atomic E-state index is 13.1. The van der Waals surface area contributed by atoms with Crippen LogP contribution in [-0.2, 0) is 28.3 Å². The van der Waals surface area contributed by atoms with Crippen molar-refractivity contribution in [1.82, 2.24) is 0 Å². The molecule has 0 amide bonds. The number of alkyl halides is 6. The van der Waals surface area contributed by atoms with Gasteiger partial charge in [-0.15, -0.1) is 6.58 Å². The summed E-state index contributed by atoms with van der Waals surface area (Å²) in [5, 5.41) is 0. The first-order valence-electron chi connectivity index (χ1n) is 9.04. The van der Waals surface area contributed by atoms with Gasteiger partial charge >= 0.3 is 18.3 Å². The van der Waals surface area contributed by atoms with Crippen molar-refractivity contribution in [2.45, 2.75) is 24.3 Å². The summed E-state index contributed by atoms with van der Waals surface area (Å²) in [7, 11) is 2.54. The average Bonchev–Trinajstić information content (AvgIpc) is 2.75. The van der Waals surface area contributed by atoms with Crippen molar-refractivity contribution in [2.75, 3.05) is 14.2 Å². The van der Waals surface area contributed by atoms with Gasteiger partial charge in [0.1, 0.15) is 5.75 Å². The van der Waals surface area contributed by atoms with Crippen LogP contribution in [0.5, 0.6) is 5.75 Å². The van der Waals surface area contributed by atoms with Crippen molar-refractivity contribution >= 4 is 12.2 Å². The molecule has 4 nitrogen and oxygen atoms in total. The fraction of sp³-hybridized carbons (Fsp3) is 0.273. The molecular weight excluding hydrogens is 440 g/mol. The highest BCUT2D eigenvalue weighted by Crippen LogP contribution is 2.36. The highest BCUT2D eigenvalue weighted by Gasteiger charge is 2.38. The van der Waals surface area contributed by atoms with Crippen LogP contribution in [0.2, 0.25) is 0 Å². The Morgan fingerprint density at radius 1 is 0.969 bits per heavy atom. The van der Waals surface area contributed by atoms with Crippen molar-refractivity contribution in [1.29, 1.82) is 0 Å². The van der Waals surface area contributed by atoms with E-state index < -0.39 is 40.6 Å². The number of hydrogen-bond acceptors (Lipinski definition) is 4. The third-order valence-electron chi connectivity index (χ3n) is 4.56. The first kappa shape index (κ1) is 25.0. The topological polar surface area (TPSA) is 47.9 Å². The lowest BCUT2D eigenvalue weighted by Crippen LogP contribution is -2.38. The molecule has 0 aliphatic carbocycles. The maximum Gasteiger partial charge on any atom is 0.416 e. The molecule has 10 heteroatoms. The largest absolute Gasteiger partial charge is 0.497 e. The number of esters is 1. The Bertz CT molecular complexity index is 964. The molecule has 0 radical (unpaired) electrons. The fourth-order valence-corrected chi connectivity index (χ4v) is 2.85. The minimum atomic E-state index is -5.01. The second kappa shape index (κ2) is 9.46. The first-order chi connectivity index (χ1) is 14.8. The van der Waals surface area contributed by atoms with Gasteiger partial charge in [-0.1, -0.05) is 18.2 Å². The Balaban J connectivity index is 2.54. The van der Waals surface area contributed by atoms with Gasteiger partial charge in [-0.25, -0.2) is 4.79 Å². The number of nitrogens with zero attached hydrogens (tertiary/aromatic N) is 1. The normalized spacial score (nSPS) is 14.1. The molecule has 0 aromatic heterocycles. The molecule has 2 aromatic rings. The van der Waals surface area contributed by atoms with Gasteiger partial charge in [0.2, 0.25) is 0 Å². The van der Waals surface area contributed by atoms with Crippen molar-refractivity contribution in [3.05, 3.63) is 77.4 Å². The lowest BCUT2D eigenvalue weighted by molar-refractivity contribution is -0.145. The van der Waals surface area contributed by atoms with Crippen LogP contribution in [-0.4, -0.2) is 31.9 Å². The molecule has 2 rings (SSSR count). The van der Waals surface area contributed by atoms with Crippen LogP contribution >= 0.6 is 0 Å². The SMILES string of the molecule is C=CC(Cc1ccc(OC)cc1)(N=Cc1cc(C(F)(F)F)cc(C(F)(F)F)c1)C(=O)OC. The van der Waals surface area contributed by atoms with Crippen molar-refractivity contribution in [3.8, 4) is 5.75 Å². The predicted octanol–water partition coefficient (Wildman–Crippen LogP) is 5.49. The number of methoxy groups -OCH3 is 2. The summed E-state index contributed by atoms with van der Waals surface area (Å²) in [6.45, 7) is 3.56. The minimum Gasteiger partial charge on any atom is -0.497 e. The fourth-order valence-electron chi connectivity index (χ4n) is 2.85. The molecule has 172 valence electrons. The van der Waals surface area contributed by atoms with Crippen LogP contribution in [0.4, 0.5) is 26.3 Å². The lowest BCUT2D eigenvalue weighted by Gasteiger charge is -2.23. The van der Waals surface area contributed by atoms with Crippen LogP contribution in [0.1, 0.15) is 22.3 Å². The number of ether oxygens (including phenoxy) is 2. The molecular formula is C22H19F6NO3. The van der Waals surface area contributed by atoms with E-state index in [0.29, 0.717) is 23.4 Å². The molecule has 0 saturated carbocycles. The van der Waals surface area contributed by atoms with Crippen LogP contribution in [0.15, 0.2) is 60.1 Å². The summed E-state index contributed by atoms with van der Waals surface area (Å²) >= 11 is 0. The van der Waals surface area contributed by atoms with Gasteiger partial charge < -0.3 is 9.47 Å². The number of carbonyl (C=O) groups excluding carboxylic acids is 1. The Hall–Kier alpha value is -3.30. The average molecular weight is 459 g/mol. The Kier molecular flexibility index (Phi) is 7.38. The summed E-state index contributed by atoms with van der Waals surface area (Å²) in [6, 6.07) is 7.52. The van der Waals surface area contributed by atoms with E-state index in [1.807, 2.05) is 0 Å². The number of rotatable bonds is 7. The van der Waals surface area contributed by atoms with Crippen molar-refractivity contribution < 1.29 is 40.6 Å². The van der Waals surface area contributed by atoms with E-state index >= 15 is 0 Å². The summed E-state index contributed by atoms with van der Waals surface area (Å²) in [4.78, 5) is 16.5. The Morgan fingerprint density at radius 3 is 1.91 bits per heavy atom. The van der Waals surface area contributed by atoms with Crippen molar-refractivity contribution in [3.63, 3.8) is 0 Å². The van der Waals surface area contributed by atoms with Gasteiger partial charge in [0.25, 0.3) is 0 Å². The summed E-state index contributed by atoms with van der Waals surface area (Å²) < 4.78 is 88.4. The van der Waals surface area contributed by atoms with Crippen LogP contribution in [0, 0.1) is 0 Å². The lowest BCUT2D eigenvalue weighted by atomic mass is 9.91. The first-order valence-corrected chi connectivity index (χ1v) is 9.04. The minimum absolute atomic E-state index is 0.00968. The Morgan fingerprint density at radius 2 is 1.50 bits per heavy atom. The molecule has 0 heterocycles. The van der Waals surface area contributed by atoms with E-state index in [1.165, 1.54) is 7.11 Å². The molecule has 32 heavy (non-hydrogen) atoms. The number of aliphatic imine (C=N–C) groups is 1. The van der Waals surface area contributed by atoms with E-state index in [1.54, 1.807) is 24.3 Å². The van der Waals surface area contributed by atoms with Gasteiger partial charge in [0, 0.05) is 12.6 Å². The molecule has 0 spiro atoms. The van der Waals surface area contributed by atoms with Gasteiger partial charge in [0.15, 0.2) is 5.54 Å². The number of halogens is 6. The van der Waals surface area contributed by atoms with Gasteiger partial charge in [-0.3, -0.25) is 4.99 Å². The number of carbonyl (C=O) groups is 1. The van der Waals surface area contributed by atoms with Crippen LogP contribution in [0.3, 0.4) is 0 Å². The molecule has 2 aromatic carbocycles. The van der Waals surface area contributed by atoms with E-state index in [0.717, 1.165) is 19.4 Å². The third-order valence-corrected chi connectivity index (χ3v) is 4.56. The maximum absolute atomic E-state index is 13.1. The Labute approximate surface area is 180 Å². The highest BCUT2D eigenvalue weighted by molar-refractivity contribution is 5.89. The molecule has 0 N–H and O–H groups in total. The van der Waals surface area contributed by atoms with E-state index in [-0.39, 0.29) is 12.5 Å². The quantitative estimate of drug-likeness (QED) is 0.238. The molecule has 0 fully saturated rings.